The number of phenols is 1. The van der Waals surface area contributed by atoms with Gasteiger partial charge in [-0.3, -0.25) is 0 Å². The normalized spacial score (nSPS) is 27.2. The van der Waals surface area contributed by atoms with Gasteiger partial charge in [0.1, 0.15) is 5.75 Å². The molecular weight excluding hydrogens is 202 g/mol. The van der Waals surface area contributed by atoms with E-state index in [1.807, 2.05) is 19.1 Å². The summed E-state index contributed by atoms with van der Waals surface area (Å²) in [6, 6.07) is 5.78. The van der Waals surface area contributed by atoms with Crippen molar-refractivity contribution in [3.8, 4) is 5.75 Å². The van der Waals surface area contributed by atoms with E-state index in [4.69, 9.17) is 0 Å². The van der Waals surface area contributed by atoms with Crippen molar-refractivity contribution in [3.63, 3.8) is 0 Å². The van der Waals surface area contributed by atoms with Gasteiger partial charge in [0.05, 0.1) is 6.10 Å². The number of hydrogen-bond acceptors (Lipinski definition) is 3. The number of nitrogens with one attached hydrogen (secondary N) is 1. The van der Waals surface area contributed by atoms with Crippen LogP contribution in [0.2, 0.25) is 0 Å². The molecule has 0 aromatic heterocycles. The van der Waals surface area contributed by atoms with Gasteiger partial charge in [-0.05, 0) is 37.1 Å². The fraction of sp³-hybridized carbons (Fsp3) is 0.538. The number of aromatic hydroxyl groups is 1. The minimum atomic E-state index is -0.219. The van der Waals surface area contributed by atoms with E-state index in [-0.39, 0.29) is 11.5 Å². The lowest BCUT2D eigenvalue weighted by Crippen LogP contribution is -2.56. The minimum absolute atomic E-state index is 0.0776. The van der Waals surface area contributed by atoms with Crippen LogP contribution in [0.5, 0.6) is 5.75 Å². The van der Waals surface area contributed by atoms with E-state index in [2.05, 4.69) is 19.2 Å². The monoisotopic (exact) mass is 221 g/mol. The van der Waals surface area contributed by atoms with Crippen LogP contribution in [0.25, 0.3) is 0 Å². The summed E-state index contributed by atoms with van der Waals surface area (Å²) in [4.78, 5) is 0. The first-order chi connectivity index (χ1) is 7.41. The molecule has 2 atom stereocenters. The average molecular weight is 221 g/mol. The number of anilines is 1. The van der Waals surface area contributed by atoms with Crippen LogP contribution in [0.1, 0.15) is 25.8 Å². The smallest absolute Gasteiger partial charge is 0.118 e. The maximum absolute atomic E-state index is 9.64. The predicted octanol–water partition coefficient (Wildman–Crippen LogP) is 2.27. The van der Waals surface area contributed by atoms with E-state index in [1.165, 1.54) is 0 Å². The number of aliphatic hydroxyl groups excluding tert-OH is 1. The molecule has 0 amide bonds. The fourth-order valence-electron chi connectivity index (χ4n) is 2.09. The highest BCUT2D eigenvalue weighted by atomic mass is 16.3. The van der Waals surface area contributed by atoms with Crippen LogP contribution in [0, 0.1) is 12.3 Å². The van der Waals surface area contributed by atoms with Gasteiger partial charge in [-0.25, -0.2) is 0 Å². The zero-order chi connectivity index (χ0) is 11.9. The highest BCUT2D eigenvalue weighted by Gasteiger charge is 2.47. The van der Waals surface area contributed by atoms with Gasteiger partial charge in [-0.15, -0.1) is 0 Å². The summed E-state index contributed by atoms with van der Waals surface area (Å²) in [7, 11) is 0. The molecule has 1 aromatic rings. The minimum Gasteiger partial charge on any atom is -0.508 e. The molecule has 0 radical (unpaired) electrons. The summed E-state index contributed by atoms with van der Waals surface area (Å²) in [5.41, 5.74) is 1.79. The molecule has 3 heteroatoms. The Morgan fingerprint density at radius 1 is 1.38 bits per heavy atom. The van der Waals surface area contributed by atoms with Crippen LogP contribution in [-0.2, 0) is 0 Å². The van der Waals surface area contributed by atoms with Gasteiger partial charge in [0.2, 0.25) is 0 Å². The summed E-state index contributed by atoms with van der Waals surface area (Å²) < 4.78 is 0. The Morgan fingerprint density at radius 3 is 2.56 bits per heavy atom. The van der Waals surface area contributed by atoms with Crippen LogP contribution in [0.15, 0.2) is 18.2 Å². The molecule has 1 saturated carbocycles. The van der Waals surface area contributed by atoms with E-state index in [1.54, 1.807) is 6.07 Å². The lowest BCUT2D eigenvalue weighted by molar-refractivity contribution is -0.0510. The molecule has 1 aromatic carbocycles. The van der Waals surface area contributed by atoms with Gasteiger partial charge in [-0.1, -0.05) is 13.8 Å². The van der Waals surface area contributed by atoms with Crippen molar-refractivity contribution in [2.24, 2.45) is 5.41 Å². The summed E-state index contributed by atoms with van der Waals surface area (Å²) in [6.45, 7) is 6.00. The van der Waals surface area contributed by atoms with Gasteiger partial charge in [0.15, 0.2) is 0 Å². The average Bonchev–Trinajstić information content (AvgIpc) is 2.23. The first-order valence-corrected chi connectivity index (χ1v) is 5.65. The van der Waals surface area contributed by atoms with Crippen molar-refractivity contribution < 1.29 is 10.2 Å². The Balaban J connectivity index is 2.08. The molecule has 1 fully saturated rings. The Hall–Kier alpha value is -1.22. The van der Waals surface area contributed by atoms with Crippen LogP contribution in [-0.4, -0.2) is 22.4 Å². The van der Waals surface area contributed by atoms with Gasteiger partial charge in [-0.2, -0.15) is 0 Å². The van der Waals surface area contributed by atoms with Gasteiger partial charge in [0.25, 0.3) is 0 Å². The third kappa shape index (κ3) is 1.76. The Labute approximate surface area is 96.1 Å². The van der Waals surface area contributed by atoms with Crippen LogP contribution in [0.4, 0.5) is 5.69 Å². The lowest BCUT2D eigenvalue weighted by atomic mass is 9.64. The number of hydrogen-bond donors (Lipinski definition) is 3. The Bertz CT molecular complexity index is 401. The number of rotatable bonds is 2. The maximum Gasteiger partial charge on any atom is 0.118 e. The fourth-order valence-corrected chi connectivity index (χ4v) is 2.09. The maximum atomic E-state index is 9.64. The molecule has 16 heavy (non-hydrogen) atoms. The topological polar surface area (TPSA) is 52.5 Å². The molecule has 0 aliphatic heterocycles. The lowest BCUT2D eigenvalue weighted by Gasteiger charge is -2.49. The van der Waals surface area contributed by atoms with Crippen molar-refractivity contribution in [2.45, 2.75) is 39.3 Å². The number of phenolic OH excluding ortho intramolecular Hbond substituents is 1. The highest BCUT2D eigenvalue weighted by Crippen LogP contribution is 2.42. The molecule has 1 aliphatic carbocycles. The molecule has 1 aliphatic rings. The molecular formula is C13H19NO2. The molecule has 2 rings (SSSR count). The third-order valence-corrected chi connectivity index (χ3v) is 3.75. The Kier molecular flexibility index (Phi) is 2.58. The number of benzene rings is 1. The van der Waals surface area contributed by atoms with Crippen LogP contribution < -0.4 is 5.32 Å². The number of aliphatic hydroxyl groups is 1. The molecule has 3 N–H and O–H groups in total. The first-order valence-electron chi connectivity index (χ1n) is 5.65. The van der Waals surface area contributed by atoms with E-state index in [0.717, 1.165) is 17.7 Å². The quantitative estimate of drug-likeness (QED) is 0.671. The molecule has 88 valence electrons. The zero-order valence-corrected chi connectivity index (χ0v) is 9.99. The third-order valence-electron chi connectivity index (χ3n) is 3.75. The summed E-state index contributed by atoms with van der Waals surface area (Å²) in [5.74, 6) is 0.318. The van der Waals surface area contributed by atoms with Gasteiger partial charge < -0.3 is 15.5 Å². The van der Waals surface area contributed by atoms with E-state index in [0.29, 0.717) is 11.8 Å². The van der Waals surface area contributed by atoms with Crippen molar-refractivity contribution in [1.29, 1.82) is 0 Å². The molecule has 0 saturated heterocycles. The highest BCUT2D eigenvalue weighted by molar-refractivity contribution is 5.51. The second-order valence-corrected chi connectivity index (χ2v) is 5.27. The Morgan fingerprint density at radius 2 is 2.06 bits per heavy atom. The summed E-state index contributed by atoms with van der Waals surface area (Å²) >= 11 is 0. The SMILES string of the molecule is Cc1cc(NC2CC(O)C2(C)C)ccc1O. The van der Waals surface area contributed by atoms with Crippen molar-refractivity contribution >= 4 is 5.69 Å². The van der Waals surface area contributed by atoms with Crippen LogP contribution in [0.3, 0.4) is 0 Å². The second-order valence-electron chi connectivity index (χ2n) is 5.27. The van der Waals surface area contributed by atoms with E-state index < -0.39 is 0 Å². The van der Waals surface area contributed by atoms with E-state index >= 15 is 0 Å². The molecule has 0 spiro atoms. The largest absolute Gasteiger partial charge is 0.508 e. The van der Waals surface area contributed by atoms with Crippen molar-refractivity contribution in [3.05, 3.63) is 23.8 Å². The van der Waals surface area contributed by atoms with Crippen LogP contribution >= 0.6 is 0 Å². The second kappa shape index (κ2) is 3.67. The standard InChI is InChI=1S/C13H19NO2/c1-8-6-9(4-5-10(8)15)14-11-7-12(16)13(11,2)3/h4-6,11-12,14-16H,7H2,1-3H3. The first kappa shape index (κ1) is 11.3. The molecule has 2 unspecified atom stereocenters. The summed E-state index contributed by atoms with van der Waals surface area (Å²) in [6.07, 6.45) is 0.565. The van der Waals surface area contributed by atoms with Gasteiger partial charge >= 0.3 is 0 Å². The van der Waals surface area contributed by atoms with E-state index in [9.17, 15) is 10.2 Å². The van der Waals surface area contributed by atoms with Crippen molar-refractivity contribution in [1.82, 2.24) is 0 Å². The zero-order valence-electron chi connectivity index (χ0n) is 9.99. The summed E-state index contributed by atoms with van der Waals surface area (Å²) in [5, 5.41) is 22.5. The molecule has 3 nitrogen and oxygen atoms in total. The predicted molar refractivity (Wildman–Crippen MR) is 64.7 cm³/mol. The molecule has 0 bridgehead atoms. The van der Waals surface area contributed by atoms with Crippen molar-refractivity contribution in [2.75, 3.05) is 5.32 Å². The number of aryl methyl sites for hydroxylation is 1. The molecule has 0 heterocycles. The van der Waals surface area contributed by atoms with Gasteiger partial charge in [0, 0.05) is 17.1 Å².